The lowest BCUT2D eigenvalue weighted by molar-refractivity contribution is 1.07. The summed E-state index contributed by atoms with van der Waals surface area (Å²) in [6, 6.07) is 65.2. The Morgan fingerprint density at radius 2 is 0.479 bits per heavy atom. The lowest BCUT2D eigenvalue weighted by Gasteiger charge is -2.15. The Labute approximate surface area is 280 Å². The quantitative estimate of drug-likeness (QED) is 0.179. The van der Waals surface area contributed by atoms with Gasteiger partial charge in [-0.1, -0.05) is 188 Å². The molecule has 0 spiro atoms. The molecule has 0 aliphatic rings. The van der Waals surface area contributed by atoms with E-state index in [-0.39, 0.29) is 0 Å². The summed E-state index contributed by atoms with van der Waals surface area (Å²) in [4.78, 5) is 15.2. The van der Waals surface area contributed by atoms with Crippen molar-refractivity contribution in [2.75, 3.05) is 0 Å². The second-order valence-electron chi connectivity index (χ2n) is 11.7. The lowest BCUT2D eigenvalue weighted by Crippen LogP contribution is -2.01. The lowest BCUT2D eigenvalue weighted by atomic mass is 9.91. The molecule has 7 aromatic carbocycles. The fraction of sp³-hybridized carbons (Fsp3) is 0. The molecular weight excluding hydrogens is 583 g/mol. The number of nitrogens with zero attached hydrogens (tertiary/aromatic N) is 3. The first-order valence-electron chi connectivity index (χ1n) is 16.1. The summed E-state index contributed by atoms with van der Waals surface area (Å²) in [6.07, 6.45) is 0. The van der Waals surface area contributed by atoms with E-state index in [0.717, 1.165) is 44.5 Å². The Bertz CT molecular complexity index is 2300. The molecule has 8 rings (SSSR count). The summed E-state index contributed by atoms with van der Waals surface area (Å²) in [7, 11) is 0. The highest BCUT2D eigenvalue weighted by atomic mass is 15.0. The molecule has 3 heteroatoms. The average molecular weight is 614 g/mol. The largest absolute Gasteiger partial charge is 0.208 e. The maximum absolute atomic E-state index is 5.11. The average Bonchev–Trinajstić information content (AvgIpc) is 3.19. The van der Waals surface area contributed by atoms with Crippen molar-refractivity contribution in [2.24, 2.45) is 0 Å². The van der Waals surface area contributed by atoms with Gasteiger partial charge in [-0.25, -0.2) is 15.0 Å². The predicted molar refractivity (Wildman–Crippen MR) is 198 cm³/mol. The minimum Gasteiger partial charge on any atom is -0.208 e. The molecule has 0 amide bonds. The van der Waals surface area contributed by atoms with Gasteiger partial charge in [0.05, 0.1) is 0 Å². The summed E-state index contributed by atoms with van der Waals surface area (Å²) < 4.78 is 0. The second-order valence-corrected chi connectivity index (χ2v) is 11.7. The van der Waals surface area contributed by atoms with Crippen molar-refractivity contribution in [3.8, 4) is 78.7 Å². The number of hydrogen-bond acceptors (Lipinski definition) is 3. The van der Waals surface area contributed by atoms with E-state index in [1.807, 2.05) is 42.5 Å². The Kier molecular flexibility index (Phi) is 7.92. The molecule has 0 aliphatic heterocycles. The fourth-order valence-corrected chi connectivity index (χ4v) is 6.14. The molecule has 0 radical (unpaired) electrons. The van der Waals surface area contributed by atoms with Crippen molar-refractivity contribution >= 4 is 0 Å². The van der Waals surface area contributed by atoms with Crippen LogP contribution in [-0.4, -0.2) is 15.0 Å². The van der Waals surface area contributed by atoms with Crippen LogP contribution >= 0.6 is 0 Å². The van der Waals surface area contributed by atoms with Gasteiger partial charge >= 0.3 is 0 Å². The molecule has 0 bridgehead atoms. The van der Waals surface area contributed by atoms with Gasteiger partial charge in [-0.2, -0.15) is 0 Å². The molecule has 0 aliphatic carbocycles. The minimum absolute atomic E-state index is 0.635. The molecule has 226 valence electrons. The third-order valence-electron chi connectivity index (χ3n) is 8.61. The third-order valence-corrected chi connectivity index (χ3v) is 8.61. The van der Waals surface area contributed by atoms with Gasteiger partial charge in [-0.05, 0) is 44.5 Å². The molecule has 1 aromatic heterocycles. The van der Waals surface area contributed by atoms with Crippen molar-refractivity contribution in [3.05, 3.63) is 188 Å². The van der Waals surface area contributed by atoms with Crippen LogP contribution in [0.3, 0.4) is 0 Å². The molecule has 48 heavy (non-hydrogen) atoms. The van der Waals surface area contributed by atoms with Gasteiger partial charge in [-0.15, -0.1) is 0 Å². The monoisotopic (exact) mass is 613 g/mol. The smallest absolute Gasteiger partial charge is 0.164 e. The van der Waals surface area contributed by atoms with Crippen LogP contribution in [0.15, 0.2) is 188 Å². The number of benzene rings is 7. The van der Waals surface area contributed by atoms with E-state index in [2.05, 4.69) is 146 Å². The van der Waals surface area contributed by atoms with Crippen molar-refractivity contribution < 1.29 is 0 Å². The summed E-state index contributed by atoms with van der Waals surface area (Å²) in [5.74, 6) is 1.91. The summed E-state index contributed by atoms with van der Waals surface area (Å²) >= 11 is 0. The van der Waals surface area contributed by atoms with Gasteiger partial charge in [0.2, 0.25) is 0 Å². The number of rotatable bonds is 7. The Hall–Kier alpha value is -6.45. The molecule has 8 aromatic rings. The zero-order chi connectivity index (χ0) is 32.1. The Morgan fingerprint density at radius 1 is 0.188 bits per heavy atom. The maximum Gasteiger partial charge on any atom is 0.164 e. The second kappa shape index (κ2) is 13.1. The summed E-state index contributed by atoms with van der Waals surface area (Å²) in [5.41, 5.74) is 12.0. The Balaban J connectivity index is 1.23. The molecule has 0 N–H and O–H groups in total. The minimum atomic E-state index is 0.635. The highest BCUT2D eigenvalue weighted by molar-refractivity contribution is 5.91. The van der Waals surface area contributed by atoms with Gasteiger partial charge in [-0.3, -0.25) is 0 Å². The highest BCUT2D eigenvalue weighted by Crippen LogP contribution is 2.38. The number of hydrogen-bond donors (Lipinski definition) is 0. The molecule has 0 unspecified atom stereocenters. The van der Waals surface area contributed by atoms with Gasteiger partial charge in [0.1, 0.15) is 0 Å². The van der Waals surface area contributed by atoms with E-state index < -0.39 is 0 Å². The van der Waals surface area contributed by atoms with Crippen LogP contribution in [0, 0.1) is 0 Å². The normalized spacial score (nSPS) is 10.9. The van der Waals surface area contributed by atoms with Gasteiger partial charge in [0.15, 0.2) is 17.5 Å². The molecule has 0 fully saturated rings. The van der Waals surface area contributed by atoms with Gasteiger partial charge in [0, 0.05) is 16.7 Å². The van der Waals surface area contributed by atoms with E-state index in [1.165, 1.54) is 16.7 Å². The van der Waals surface area contributed by atoms with Crippen LogP contribution in [-0.2, 0) is 0 Å². The predicted octanol–water partition coefficient (Wildman–Crippen LogP) is 11.5. The van der Waals surface area contributed by atoms with Crippen LogP contribution in [0.2, 0.25) is 0 Å². The van der Waals surface area contributed by atoms with Gasteiger partial charge < -0.3 is 0 Å². The van der Waals surface area contributed by atoms with Crippen molar-refractivity contribution in [2.45, 2.75) is 0 Å². The Morgan fingerprint density at radius 3 is 0.979 bits per heavy atom. The zero-order valence-corrected chi connectivity index (χ0v) is 26.2. The van der Waals surface area contributed by atoms with E-state index >= 15 is 0 Å². The van der Waals surface area contributed by atoms with Crippen molar-refractivity contribution in [3.63, 3.8) is 0 Å². The highest BCUT2D eigenvalue weighted by Gasteiger charge is 2.17. The van der Waals surface area contributed by atoms with E-state index in [1.54, 1.807) is 0 Å². The SMILES string of the molecule is c1ccc(-c2ccc(-c3nc(-c4ccccc4)nc(-c4ccccc4-c4ccccc4-c4ccc(-c5ccccc5)cc4)n3)cc2)cc1. The molecule has 0 atom stereocenters. The first kappa shape index (κ1) is 29.0. The first-order valence-corrected chi connectivity index (χ1v) is 16.1. The summed E-state index contributed by atoms with van der Waals surface area (Å²) in [5, 5.41) is 0. The van der Waals surface area contributed by atoms with Crippen molar-refractivity contribution in [1.29, 1.82) is 0 Å². The van der Waals surface area contributed by atoms with E-state index in [4.69, 9.17) is 15.0 Å². The fourth-order valence-electron chi connectivity index (χ4n) is 6.14. The van der Waals surface area contributed by atoms with E-state index in [0.29, 0.717) is 17.5 Å². The molecule has 0 saturated heterocycles. The van der Waals surface area contributed by atoms with Gasteiger partial charge in [0.25, 0.3) is 0 Å². The third kappa shape index (κ3) is 5.93. The van der Waals surface area contributed by atoms with Crippen LogP contribution in [0.25, 0.3) is 78.7 Å². The molecule has 0 saturated carbocycles. The molecule has 3 nitrogen and oxygen atoms in total. The van der Waals surface area contributed by atoms with E-state index in [9.17, 15) is 0 Å². The standard InChI is InChI=1S/C45H31N3/c1-4-14-32(15-5-1)34-24-28-36(29-25-34)39-20-10-11-21-40(39)41-22-12-13-23-42(41)45-47-43(37-18-8-3-9-19-37)46-44(48-45)38-30-26-35(27-31-38)33-16-6-2-7-17-33/h1-31H. The maximum atomic E-state index is 5.11. The molecule has 1 heterocycles. The number of aromatic nitrogens is 3. The van der Waals surface area contributed by atoms with Crippen LogP contribution in [0.4, 0.5) is 0 Å². The summed E-state index contributed by atoms with van der Waals surface area (Å²) in [6.45, 7) is 0. The topological polar surface area (TPSA) is 38.7 Å². The zero-order valence-electron chi connectivity index (χ0n) is 26.2. The van der Waals surface area contributed by atoms with Crippen LogP contribution in [0.1, 0.15) is 0 Å². The molecular formula is C45H31N3. The van der Waals surface area contributed by atoms with Crippen LogP contribution < -0.4 is 0 Å². The first-order chi connectivity index (χ1) is 23.8. The van der Waals surface area contributed by atoms with Crippen LogP contribution in [0.5, 0.6) is 0 Å². The van der Waals surface area contributed by atoms with Crippen molar-refractivity contribution in [1.82, 2.24) is 15.0 Å².